The van der Waals surface area contributed by atoms with Crippen molar-refractivity contribution in [2.75, 3.05) is 5.32 Å². The summed E-state index contributed by atoms with van der Waals surface area (Å²) in [5.41, 5.74) is 1.51. The van der Waals surface area contributed by atoms with Crippen molar-refractivity contribution in [1.82, 2.24) is 15.1 Å². The number of aromatic carboxylic acids is 1. The summed E-state index contributed by atoms with van der Waals surface area (Å²) in [4.78, 5) is 22.7. The molecule has 0 aliphatic rings. The van der Waals surface area contributed by atoms with Gasteiger partial charge in [0.05, 0.1) is 17.4 Å². The van der Waals surface area contributed by atoms with Gasteiger partial charge in [-0.1, -0.05) is 12.1 Å². The highest BCUT2D eigenvalue weighted by atomic mass is 16.4. The van der Waals surface area contributed by atoms with Crippen LogP contribution in [0.25, 0.3) is 0 Å². The molecule has 3 N–H and O–H groups in total. The number of anilines is 1. The number of hydrogen-bond donors (Lipinski definition) is 3. The molecule has 0 fully saturated rings. The van der Waals surface area contributed by atoms with Gasteiger partial charge in [0.25, 0.3) is 0 Å². The van der Waals surface area contributed by atoms with Crippen molar-refractivity contribution in [2.24, 2.45) is 0 Å². The van der Waals surface area contributed by atoms with E-state index in [9.17, 15) is 9.59 Å². The maximum Gasteiger partial charge on any atom is 0.335 e. The lowest BCUT2D eigenvalue weighted by Gasteiger charge is -2.07. The number of aromatic nitrogens is 2. The van der Waals surface area contributed by atoms with Gasteiger partial charge < -0.3 is 15.7 Å². The summed E-state index contributed by atoms with van der Waals surface area (Å²) in [5, 5.41) is 18.4. The average Bonchev–Trinajstić information content (AvgIpc) is 2.94. The number of benzene rings is 1. The first kappa shape index (κ1) is 15.6. The Morgan fingerprint density at radius 3 is 2.77 bits per heavy atom. The topological polar surface area (TPSA) is 96.2 Å². The molecule has 0 radical (unpaired) electrons. The molecular weight excluding hydrogens is 284 g/mol. The molecule has 7 nitrogen and oxygen atoms in total. The summed E-state index contributed by atoms with van der Waals surface area (Å²) in [7, 11) is 0. The third kappa shape index (κ3) is 4.08. The van der Waals surface area contributed by atoms with Gasteiger partial charge in [-0.2, -0.15) is 5.10 Å². The smallest absolute Gasteiger partial charge is 0.335 e. The third-order valence-corrected chi connectivity index (χ3v) is 3.02. The van der Waals surface area contributed by atoms with E-state index >= 15 is 0 Å². The summed E-state index contributed by atoms with van der Waals surface area (Å²) in [6.07, 6.45) is 3.32. The second-order valence-electron chi connectivity index (χ2n) is 5.12. The number of urea groups is 1. The van der Waals surface area contributed by atoms with Gasteiger partial charge in [0.2, 0.25) is 0 Å². The molecule has 2 amide bonds. The molecule has 0 saturated carbocycles. The Labute approximate surface area is 128 Å². The lowest BCUT2D eigenvalue weighted by atomic mass is 10.1. The van der Waals surface area contributed by atoms with Gasteiger partial charge in [-0.25, -0.2) is 9.59 Å². The van der Waals surface area contributed by atoms with Crippen molar-refractivity contribution in [3.8, 4) is 0 Å². The van der Waals surface area contributed by atoms with Gasteiger partial charge in [0.1, 0.15) is 0 Å². The highest BCUT2D eigenvalue weighted by Crippen LogP contribution is 2.10. The predicted molar refractivity (Wildman–Crippen MR) is 81.9 cm³/mol. The van der Waals surface area contributed by atoms with Crippen LogP contribution in [0.4, 0.5) is 10.5 Å². The van der Waals surface area contributed by atoms with E-state index in [-0.39, 0.29) is 24.2 Å². The van der Waals surface area contributed by atoms with Crippen molar-refractivity contribution in [2.45, 2.75) is 26.4 Å². The number of carbonyl (C=O) groups is 2. The summed E-state index contributed by atoms with van der Waals surface area (Å²) in [5.74, 6) is -0.993. The predicted octanol–water partition coefficient (Wildman–Crippen LogP) is 2.48. The number of carbonyl (C=O) groups excluding carboxylic acids is 1. The fourth-order valence-electron chi connectivity index (χ4n) is 1.86. The Morgan fingerprint density at radius 1 is 1.36 bits per heavy atom. The largest absolute Gasteiger partial charge is 0.478 e. The van der Waals surface area contributed by atoms with Gasteiger partial charge in [-0.05, 0) is 31.5 Å². The standard InChI is InChI=1S/C15H18N4O3/c1-10(2)19-9-13(8-17-19)18-15(22)16-7-11-4-3-5-12(6-11)14(20)21/h3-6,8-10H,7H2,1-2H3,(H,20,21)(H2,16,18,22). The summed E-state index contributed by atoms with van der Waals surface area (Å²) in [6, 6.07) is 6.28. The van der Waals surface area contributed by atoms with Crippen LogP contribution in [0.2, 0.25) is 0 Å². The van der Waals surface area contributed by atoms with Crippen molar-refractivity contribution < 1.29 is 14.7 Å². The van der Waals surface area contributed by atoms with E-state index in [0.717, 1.165) is 0 Å². The highest BCUT2D eigenvalue weighted by molar-refractivity contribution is 5.89. The van der Waals surface area contributed by atoms with E-state index < -0.39 is 5.97 Å². The fourth-order valence-corrected chi connectivity index (χ4v) is 1.86. The molecule has 1 aromatic heterocycles. The van der Waals surface area contributed by atoms with E-state index in [0.29, 0.717) is 11.3 Å². The zero-order valence-electron chi connectivity index (χ0n) is 12.4. The second-order valence-corrected chi connectivity index (χ2v) is 5.12. The number of nitrogens with one attached hydrogen (secondary N) is 2. The number of hydrogen-bond acceptors (Lipinski definition) is 3. The minimum absolute atomic E-state index is 0.193. The number of amides is 2. The Bertz CT molecular complexity index is 679. The van der Waals surface area contributed by atoms with Gasteiger partial charge in [0.15, 0.2) is 0 Å². The molecule has 22 heavy (non-hydrogen) atoms. The lowest BCUT2D eigenvalue weighted by molar-refractivity contribution is 0.0696. The Kier molecular flexibility index (Phi) is 4.77. The van der Waals surface area contributed by atoms with E-state index in [1.54, 1.807) is 29.2 Å². The summed E-state index contributed by atoms with van der Waals surface area (Å²) < 4.78 is 1.74. The number of rotatable bonds is 5. The second kappa shape index (κ2) is 6.75. The maximum atomic E-state index is 11.8. The molecule has 7 heteroatoms. The maximum absolute atomic E-state index is 11.8. The van der Waals surface area contributed by atoms with Crippen molar-refractivity contribution in [1.29, 1.82) is 0 Å². The van der Waals surface area contributed by atoms with Crippen LogP contribution >= 0.6 is 0 Å². The van der Waals surface area contributed by atoms with Crippen LogP contribution < -0.4 is 10.6 Å². The lowest BCUT2D eigenvalue weighted by Crippen LogP contribution is -2.28. The molecule has 1 aromatic carbocycles. The Balaban J connectivity index is 1.89. The number of carboxylic acids is 1. The molecule has 0 aliphatic carbocycles. The van der Waals surface area contributed by atoms with Crippen LogP contribution in [-0.2, 0) is 6.54 Å². The molecule has 0 atom stereocenters. The van der Waals surface area contributed by atoms with Gasteiger partial charge in [-0.15, -0.1) is 0 Å². The fraction of sp³-hybridized carbons (Fsp3) is 0.267. The Hall–Kier alpha value is -2.83. The third-order valence-electron chi connectivity index (χ3n) is 3.02. The monoisotopic (exact) mass is 302 g/mol. The average molecular weight is 302 g/mol. The van der Waals surface area contributed by atoms with Gasteiger partial charge >= 0.3 is 12.0 Å². The SMILES string of the molecule is CC(C)n1cc(NC(=O)NCc2cccc(C(=O)O)c2)cn1. The molecule has 116 valence electrons. The van der Waals surface area contributed by atoms with Crippen LogP contribution in [0.3, 0.4) is 0 Å². The number of carboxylic acid groups (broad SMARTS) is 1. The Morgan fingerprint density at radius 2 is 2.14 bits per heavy atom. The highest BCUT2D eigenvalue weighted by Gasteiger charge is 2.07. The van der Waals surface area contributed by atoms with E-state index in [4.69, 9.17) is 5.11 Å². The molecule has 0 bridgehead atoms. The zero-order chi connectivity index (χ0) is 16.1. The minimum Gasteiger partial charge on any atom is -0.478 e. The van der Waals surface area contributed by atoms with Crippen LogP contribution in [0.5, 0.6) is 0 Å². The zero-order valence-corrected chi connectivity index (χ0v) is 12.4. The molecule has 0 unspecified atom stereocenters. The van der Waals surface area contributed by atoms with E-state index in [1.807, 2.05) is 13.8 Å². The first-order chi connectivity index (χ1) is 10.5. The van der Waals surface area contributed by atoms with Crippen molar-refractivity contribution in [3.63, 3.8) is 0 Å². The minimum atomic E-state index is -0.993. The van der Waals surface area contributed by atoms with E-state index in [2.05, 4.69) is 15.7 Å². The normalized spacial score (nSPS) is 10.5. The van der Waals surface area contributed by atoms with Gasteiger partial charge in [-0.3, -0.25) is 4.68 Å². The summed E-state index contributed by atoms with van der Waals surface area (Å²) >= 11 is 0. The molecule has 0 saturated heterocycles. The van der Waals surface area contributed by atoms with Crippen LogP contribution in [0.1, 0.15) is 35.8 Å². The molecular formula is C15H18N4O3. The number of nitrogens with zero attached hydrogens (tertiary/aromatic N) is 2. The van der Waals surface area contributed by atoms with Gasteiger partial charge in [0, 0.05) is 18.8 Å². The molecule has 2 aromatic rings. The molecule has 1 heterocycles. The quantitative estimate of drug-likeness (QED) is 0.790. The van der Waals surface area contributed by atoms with Crippen LogP contribution in [0.15, 0.2) is 36.7 Å². The van der Waals surface area contributed by atoms with Crippen LogP contribution in [-0.4, -0.2) is 26.9 Å². The first-order valence-corrected chi connectivity index (χ1v) is 6.87. The summed E-state index contributed by atoms with van der Waals surface area (Å²) in [6.45, 7) is 4.23. The van der Waals surface area contributed by atoms with Crippen molar-refractivity contribution in [3.05, 3.63) is 47.8 Å². The molecule has 2 rings (SSSR count). The van der Waals surface area contributed by atoms with E-state index in [1.165, 1.54) is 12.1 Å². The van der Waals surface area contributed by atoms with Crippen LogP contribution in [0, 0.1) is 0 Å². The first-order valence-electron chi connectivity index (χ1n) is 6.87. The molecule has 0 aliphatic heterocycles. The van der Waals surface area contributed by atoms with Crippen molar-refractivity contribution >= 4 is 17.7 Å². The molecule has 0 spiro atoms.